The first-order valence-corrected chi connectivity index (χ1v) is 14.2. The standard InChI is InChI=1S/C35H36N2O7/c1-43-26-16-17-32(44-2)25(22-26)18-20-37(21-19-33(39)40)35(42)30-15-9-7-13-28(30)27-12-6-8-14-29(27)34(41)36-31(23-38)24-10-4-3-5-11-24/h3-17,22,31,38H,18-21,23H2,1-2H3,(H,36,41)(H,39,40)/t31-/m0/s1. The summed E-state index contributed by atoms with van der Waals surface area (Å²) in [6.07, 6.45) is 0.166. The molecule has 4 rings (SSSR count). The highest BCUT2D eigenvalue weighted by atomic mass is 16.5. The molecule has 228 valence electrons. The van der Waals surface area contributed by atoms with Crippen LogP contribution in [0.2, 0.25) is 0 Å². The van der Waals surface area contributed by atoms with Gasteiger partial charge < -0.3 is 29.9 Å². The van der Waals surface area contributed by atoms with Gasteiger partial charge in [-0.2, -0.15) is 0 Å². The molecule has 2 amide bonds. The maximum absolute atomic E-state index is 14.1. The quantitative estimate of drug-likeness (QED) is 0.187. The van der Waals surface area contributed by atoms with Gasteiger partial charge in [-0.1, -0.05) is 66.7 Å². The summed E-state index contributed by atoms with van der Waals surface area (Å²) in [5, 5.41) is 22.3. The molecule has 0 aromatic heterocycles. The van der Waals surface area contributed by atoms with E-state index in [1.807, 2.05) is 36.4 Å². The minimum absolute atomic E-state index is 0.00776. The number of methoxy groups -OCH3 is 2. The zero-order valence-corrected chi connectivity index (χ0v) is 24.7. The monoisotopic (exact) mass is 596 g/mol. The van der Waals surface area contributed by atoms with E-state index in [0.717, 1.165) is 11.1 Å². The normalized spacial score (nSPS) is 11.3. The van der Waals surface area contributed by atoms with Crippen molar-refractivity contribution < 1.29 is 34.1 Å². The molecule has 0 aliphatic heterocycles. The first-order chi connectivity index (χ1) is 21.4. The highest BCUT2D eigenvalue weighted by molar-refractivity contribution is 6.06. The number of aliphatic carboxylic acids is 1. The third-order valence-electron chi connectivity index (χ3n) is 7.33. The number of carbonyl (C=O) groups excluding carboxylic acids is 2. The second-order valence-electron chi connectivity index (χ2n) is 10.1. The van der Waals surface area contributed by atoms with Crippen LogP contribution in [0.3, 0.4) is 0 Å². The van der Waals surface area contributed by atoms with Gasteiger partial charge in [0, 0.05) is 24.2 Å². The molecule has 1 atom stereocenters. The molecule has 0 saturated carbocycles. The van der Waals surface area contributed by atoms with Crippen LogP contribution in [-0.4, -0.2) is 66.8 Å². The summed E-state index contributed by atoms with van der Waals surface area (Å²) in [6, 6.07) is 27.9. The van der Waals surface area contributed by atoms with Crippen molar-refractivity contribution in [2.45, 2.75) is 18.9 Å². The van der Waals surface area contributed by atoms with E-state index in [0.29, 0.717) is 40.2 Å². The highest BCUT2D eigenvalue weighted by Crippen LogP contribution is 2.30. The van der Waals surface area contributed by atoms with Gasteiger partial charge in [-0.15, -0.1) is 0 Å². The number of carboxylic acid groups (broad SMARTS) is 1. The predicted molar refractivity (Wildman–Crippen MR) is 167 cm³/mol. The Morgan fingerprint density at radius 2 is 1.43 bits per heavy atom. The zero-order chi connectivity index (χ0) is 31.5. The maximum Gasteiger partial charge on any atom is 0.305 e. The van der Waals surface area contributed by atoms with Gasteiger partial charge in [-0.3, -0.25) is 14.4 Å². The molecular weight excluding hydrogens is 560 g/mol. The third-order valence-corrected chi connectivity index (χ3v) is 7.33. The molecule has 0 fully saturated rings. The molecule has 9 nitrogen and oxygen atoms in total. The number of nitrogens with one attached hydrogen (secondary N) is 1. The van der Waals surface area contributed by atoms with Crippen LogP contribution in [0.5, 0.6) is 11.5 Å². The summed E-state index contributed by atoms with van der Waals surface area (Å²) < 4.78 is 10.8. The van der Waals surface area contributed by atoms with Gasteiger partial charge in [0.1, 0.15) is 11.5 Å². The van der Waals surface area contributed by atoms with E-state index >= 15 is 0 Å². The molecule has 44 heavy (non-hydrogen) atoms. The van der Waals surface area contributed by atoms with Gasteiger partial charge in [-0.05, 0) is 59.0 Å². The predicted octanol–water partition coefficient (Wildman–Crippen LogP) is 4.99. The van der Waals surface area contributed by atoms with Gasteiger partial charge in [-0.25, -0.2) is 0 Å². The largest absolute Gasteiger partial charge is 0.497 e. The fourth-order valence-corrected chi connectivity index (χ4v) is 5.02. The Kier molecular flexibility index (Phi) is 11.1. The van der Waals surface area contributed by atoms with Gasteiger partial charge in [0.05, 0.1) is 33.3 Å². The molecule has 0 aliphatic rings. The molecule has 0 saturated heterocycles. The van der Waals surface area contributed by atoms with Crippen LogP contribution in [0.4, 0.5) is 0 Å². The fraction of sp³-hybridized carbons (Fsp3) is 0.229. The summed E-state index contributed by atoms with van der Waals surface area (Å²) in [6.45, 7) is -0.0723. The second-order valence-corrected chi connectivity index (χ2v) is 10.1. The number of hydrogen-bond acceptors (Lipinski definition) is 6. The molecule has 0 heterocycles. The number of carboxylic acids is 1. The van der Waals surface area contributed by atoms with E-state index in [4.69, 9.17) is 9.47 Å². The molecule has 0 aliphatic carbocycles. The van der Waals surface area contributed by atoms with E-state index in [-0.39, 0.29) is 32.0 Å². The van der Waals surface area contributed by atoms with Gasteiger partial charge in [0.2, 0.25) is 0 Å². The maximum atomic E-state index is 14.1. The molecule has 3 N–H and O–H groups in total. The van der Waals surface area contributed by atoms with Crippen LogP contribution in [0, 0.1) is 0 Å². The average Bonchev–Trinajstić information content (AvgIpc) is 3.07. The number of aliphatic hydroxyl groups is 1. The SMILES string of the molecule is COc1ccc(OC)c(CCN(CCC(=O)O)C(=O)c2ccccc2-c2ccccc2C(=O)N[C@@H](CO)c2ccccc2)c1. The van der Waals surface area contributed by atoms with Crippen molar-refractivity contribution in [3.63, 3.8) is 0 Å². The van der Waals surface area contributed by atoms with Gasteiger partial charge in [0.15, 0.2) is 0 Å². The number of benzene rings is 4. The average molecular weight is 597 g/mol. The Morgan fingerprint density at radius 3 is 2.07 bits per heavy atom. The molecule has 0 bridgehead atoms. The Labute approximate surface area is 256 Å². The Bertz CT molecular complexity index is 1590. The third kappa shape index (κ3) is 7.81. The lowest BCUT2D eigenvalue weighted by atomic mass is 9.94. The van der Waals surface area contributed by atoms with Gasteiger partial charge >= 0.3 is 5.97 Å². The molecule has 4 aromatic carbocycles. The number of hydrogen-bond donors (Lipinski definition) is 3. The Morgan fingerprint density at radius 1 is 0.795 bits per heavy atom. The highest BCUT2D eigenvalue weighted by Gasteiger charge is 2.24. The molecule has 0 radical (unpaired) electrons. The van der Waals surface area contributed by atoms with Crippen LogP contribution in [-0.2, 0) is 11.2 Å². The van der Waals surface area contributed by atoms with Crippen molar-refractivity contribution in [1.29, 1.82) is 0 Å². The summed E-state index contributed by atoms with van der Waals surface area (Å²) in [5.41, 5.74) is 3.30. The Hall–Kier alpha value is -5.15. The number of aliphatic hydroxyl groups excluding tert-OH is 1. The smallest absolute Gasteiger partial charge is 0.305 e. The number of amides is 2. The first kappa shape index (κ1) is 31.8. The minimum atomic E-state index is -1.02. The number of carbonyl (C=O) groups is 3. The second kappa shape index (κ2) is 15.4. The van der Waals surface area contributed by atoms with E-state index in [2.05, 4.69) is 5.32 Å². The molecule has 9 heteroatoms. The van der Waals surface area contributed by atoms with Crippen LogP contribution < -0.4 is 14.8 Å². The lowest BCUT2D eigenvalue weighted by Crippen LogP contribution is -2.35. The zero-order valence-electron chi connectivity index (χ0n) is 24.7. The summed E-state index contributed by atoms with van der Waals surface area (Å²) in [5.74, 6) is -0.516. The summed E-state index contributed by atoms with van der Waals surface area (Å²) in [7, 11) is 3.13. The van der Waals surface area contributed by atoms with E-state index in [9.17, 15) is 24.6 Å². The van der Waals surface area contributed by atoms with Crippen LogP contribution in [0.15, 0.2) is 97.1 Å². The molecule has 4 aromatic rings. The number of nitrogens with zero attached hydrogens (tertiary/aromatic N) is 1. The topological polar surface area (TPSA) is 125 Å². The number of ether oxygens (including phenoxy) is 2. The Balaban J connectivity index is 1.65. The van der Waals surface area contributed by atoms with Crippen molar-refractivity contribution >= 4 is 17.8 Å². The fourth-order valence-electron chi connectivity index (χ4n) is 5.02. The first-order valence-electron chi connectivity index (χ1n) is 14.2. The molecular formula is C35H36N2O7. The van der Waals surface area contributed by atoms with E-state index < -0.39 is 17.9 Å². The number of rotatable bonds is 14. The molecule has 0 spiro atoms. The minimum Gasteiger partial charge on any atom is -0.497 e. The van der Waals surface area contributed by atoms with E-state index in [1.165, 1.54) is 4.90 Å². The van der Waals surface area contributed by atoms with Crippen molar-refractivity contribution in [1.82, 2.24) is 10.2 Å². The van der Waals surface area contributed by atoms with Crippen molar-refractivity contribution in [3.05, 3.63) is 119 Å². The van der Waals surface area contributed by atoms with Crippen LogP contribution in [0.25, 0.3) is 11.1 Å². The molecule has 0 unspecified atom stereocenters. The lowest BCUT2D eigenvalue weighted by Gasteiger charge is -2.24. The summed E-state index contributed by atoms with van der Waals surface area (Å²) in [4.78, 5) is 40.6. The van der Waals surface area contributed by atoms with Crippen molar-refractivity contribution in [2.24, 2.45) is 0 Å². The van der Waals surface area contributed by atoms with Crippen LogP contribution >= 0.6 is 0 Å². The van der Waals surface area contributed by atoms with E-state index in [1.54, 1.807) is 74.9 Å². The van der Waals surface area contributed by atoms with Crippen molar-refractivity contribution in [2.75, 3.05) is 33.9 Å². The lowest BCUT2D eigenvalue weighted by molar-refractivity contribution is -0.137. The van der Waals surface area contributed by atoms with Crippen LogP contribution in [0.1, 0.15) is 44.3 Å². The van der Waals surface area contributed by atoms with Gasteiger partial charge in [0.25, 0.3) is 11.8 Å². The van der Waals surface area contributed by atoms with Crippen molar-refractivity contribution in [3.8, 4) is 22.6 Å². The summed E-state index contributed by atoms with van der Waals surface area (Å²) >= 11 is 0.